The molecule has 0 N–H and O–H groups in total. The molecule has 1 amide bonds. The summed E-state index contributed by atoms with van der Waals surface area (Å²) in [5.41, 5.74) is 1.32. The van der Waals surface area contributed by atoms with E-state index >= 15 is 0 Å². The molecule has 2 aromatic rings. The molecule has 33 heavy (non-hydrogen) atoms. The largest absolute Gasteiger partial charge is 0.337 e. The maximum Gasteiger partial charge on any atom is 0.232 e. The molecule has 182 valence electrons. The Morgan fingerprint density at radius 3 is 2.58 bits per heavy atom. The highest BCUT2D eigenvalue weighted by molar-refractivity contribution is 7.92. The van der Waals surface area contributed by atoms with Crippen LogP contribution in [0.25, 0.3) is 0 Å². The molecule has 0 atom stereocenters. The molecule has 0 radical (unpaired) electrons. The fraction of sp³-hybridized carbons (Fsp3) is 0.565. The van der Waals surface area contributed by atoms with Gasteiger partial charge in [0.1, 0.15) is 5.82 Å². The van der Waals surface area contributed by atoms with Crippen LogP contribution in [0.15, 0.2) is 30.6 Å². The van der Waals surface area contributed by atoms with E-state index in [1.54, 1.807) is 18.3 Å². The molecule has 0 aliphatic carbocycles. The van der Waals surface area contributed by atoms with E-state index in [0.717, 1.165) is 24.5 Å². The summed E-state index contributed by atoms with van der Waals surface area (Å²) in [6.45, 7) is 9.45. The summed E-state index contributed by atoms with van der Waals surface area (Å²) in [6.07, 6.45) is 5.85. The number of aryl methyl sites for hydroxylation is 2. The van der Waals surface area contributed by atoms with Crippen molar-refractivity contribution in [3.63, 3.8) is 0 Å². The van der Waals surface area contributed by atoms with E-state index in [9.17, 15) is 13.2 Å². The van der Waals surface area contributed by atoms with E-state index < -0.39 is 10.0 Å². The number of rotatable bonds is 5. The molecule has 8 nitrogen and oxygen atoms in total. The third kappa shape index (κ3) is 6.71. The number of imidazole rings is 1. The van der Waals surface area contributed by atoms with E-state index in [4.69, 9.17) is 11.6 Å². The highest BCUT2D eigenvalue weighted by Crippen LogP contribution is 2.29. The lowest BCUT2D eigenvalue weighted by atomic mass is 10.1. The Bertz CT molecular complexity index is 1070. The molecule has 2 heterocycles. The van der Waals surface area contributed by atoms with Crippen molar-refractivity contribution in [3.8, 4) is 0 Å². The number of sulfonamides is 1. The molecule has 1 aromatic carbocycles. The Kier molecular flexibility index (Phi) is 8.42. The average Bonchev–Trinajstić information content (AvgIpc) is 3.13. The number of amides is 1. The monoisotopic (exact) mass is 495 g/mol. The number of halogens is 1. The number of anilines is 1. The minimum atomic E-state index is -3.51. The smallest absolute Gasteiger partial charge is 0.232 e. The summed E-state index contributed by atoms with van der Waals surface area (Å²) in [5.74, 6) is 0.896. The second-order valence-corrected chi connectivity index (χ2v) is 11.2. The van der Waals surface area contributed by atoms with Crippen molar-refractivity contribution in [2.75, 3.05) is 36.7 Å². The van der Waals surface area contributed by atoms with Crippen molar-refractivity contribution in [1.29, 1.82) is 0 Å². The molecule has 0 unspecified atom stereocenters. The SMILES string of the molecule is Cc1nccn1CCC(=O)N1CCN(C(C)C)CCCN(S(C)(=O)=O)c2cc(Cl)ccc2C1. The second kappa shape index (κ2) is 10.9. The molecule has 0 saturated heterocycles. The maximum atomic E-state index is 13.3. The third-order valence-corrected chi connectivity index (χ3v) is 7.53. The van der Waals surface area contributed by atoms with Gasteiger partial charge >= 0.3 is 0 Å². The first-order chi connectivity index (χ1) is 15.6. The molecule has 1 aliphatic rings. The Morgan fingerprint density at radius 2 is 1.94 bits per heavy atom. The van der Waals surface area contributed by atoms with E-state index in [1.165, 1.54) is 10.6 Å². The average molecular weight is 496 g/mol. The zero-order valence-electron chi connectivity index (χ0n) is 19.9. The van der Waals surface area contributed by atoms with Crippen LogP contribution >= 0.6 is 11.6 Å². The third-order valence-electron chi connectivity index (χ3n) is 6.11. The van der Waals surface area contributed by atoms with Crippen LogP contribution in [0.3, 0.4) is 0 Å². The summed E-state index contributed by atoms with van der Waals surface area (Å²) in [7, 11) is -3.51. The lowest BCUT2D eigenvalue weighted by molar-refractivity contribution is -0.132. The number of hydrogen-bond acceptors (Lipinski definition) is 5. The normalized spacial score (nSPS) is 16.5. The van der Waals surface area contributed by atoms with Gasteiger partial charge in [-0.3, -0.25) is 14.0 Å². The first-order valence-electron chi connectivity index (χ1n) is 11.3. The predicted molar refractivity (Wildman–Crippen MR) is 132 cm³/mol. The van der Waals surface area contributed by atoms with Crippen LogP contribution in [0, 0.1) is 6.92 Å². The lowest BCUT2D eigenvalue weighted by Crippen LogP contribution is -2.41. The van der Waals surface area contributed by atoms with Gasteiger partial charge in [0.15, 0.2) is 0 Å². The van der Waals surface area contributed by atoms with Gasteiger partial charge in [0.05, 0.1) is 11.9 Å². The van der Waals surface area contributed by atoms with Crippen LogP contribution in [-0.4, -0.2) is 72.2 Å². The van der Waals surface area contributed by atoms with Crippen LogP contribution in [0.2, 0.25) is 5.02 Å². The first kappa shape index (κ1) is 25.5. The summed E-state index contributed by atoms with van der Waals surface area (Å²) >= 11 is 6.26. The summed E-state index contributed by atoms with van der Waals surface area (Å²) in [5, 5.41) is 0.467. The number of aromatic nitrogens is 2. The van der Waals surface area contributed by atoms with Crippen LogP contribution in [0.5, 0.6) is 0 Å². The van der Waals surface area contributed by atoms with E-state index in [1.807, 2.05) is 28.7 Å². The first-order valence-corrected chi connectivity index (χ1v) is 13.5. The number of fused-ring (bicyclic) bond motifs is 1. The number of nitrogens with zero attached hydrogens (tertiary/aromatic N) is 5. The number of carbonyl (C=O) groups is 1. The Morgan fingerprint density at radius 1 is 1.18 bits per heavy atom. The van der Waals surface area contributed by atoms with Gasteiger partial charge in [0, 0.05) is 69.1 Å². The minimum Gasteiger partial charge on any atom is -0.337 e. The van der Waals surface area contributed by atoms with Crippen molar-refractivity contribution in [2.45, 2.75) is 52.7 Å². The quantitative estimate of drug-likeness (QED) is 0.636. The molecule has 1 aromatic heterocycles. The topological polar surface area (TPSA) is 78.8 Å². The summed E-state index contributed by atoms with van der Waals surface area (Å²) < 4.78 is 28.8. The van der Waals surface area contributed by atoms with Crippen molar-refractivity contribution in [2.24, 2.45) is 0 Å². The van der Waals surface area contributed by atoms with Gasteiger partial charge < -0.3 is 9.47 Å². The highest BCUT2D eigenvalue weighted by Gasteiger charge is 2.25. The fourth-order valence-electron chi connectivity index (χ4n) is 4.17. The maximum absolute atomic E-state index is 13.3. The number of carbonyl (C=O) groups excluding carboxylic acids is 1. The van der Waals surface area contributed by atoms with E-state index in [0.29, 0.717) is 55.8 Å². The molecular weight excluding hydrogens is 462 g/mol. The molecule has 0 fully saturated rings. The molecular formula is C23H34ClN5O3S. The van der Waals surface area contributed by atoms with Gasteiger partial charge in [0.25, 0.3) is 0 Å². The number of benzene rings is 1. The van der Waals surface area contributed by atoms with Crippen molar-refractivity contribution >= 4 is 33.2 Å². The van der Waals surface area contributed by atoms with Gasteiger partial charge in [-0.15, -0.1) is 0 Å². The van der Waals surface area contributed by atoms with Crippen LogP contribution in [-0.2, 0) is 27.9 Å². The number of hydrogen-bond donors (Lipinski definition) is 0. The molecule has 0 spiro atoms. The summed E-state index contributed by atoms with van der Waals surface area (Å²) in [4.78, 5) is 21.7. The Balaban J connectivity index is 1.93. The van der Waals surface area contributed by atoms with Gasteiger partial charge in [0.2, 0.25) is 15.9 Å². The van der Waals surface area contributed by atoms with Crippen LogP contribution in [0.4, 0.5) is 5.69 Å². The van der Waals surface area contributed by atoms with E-state index in [2.05, 4.69) is 23.7 Å². The van der Waals surface area contributed by atoms with Crippen LogP contribution in [0.1, 0.15) is 38.1 Å². The minimum absolute atomic E-state index is 0.0258. The van der Waals surface area contributed by atoms with E-state index in [-0.39, 0.29) is 5.91 Å². The standard InChI is InChI=1S/C23H34ClN5O3S/c1-18(2)26-10-5-11-29(33(4,31)32)22-16-21(24)7-6-20(22)17-28(15-14-26)23(30)8-12-27-13-9-25-19(27)3/h6-7,9,13,16,18H,5,8,10-12,14-15,17H2,1-4H3. The van der Waals surface area contributed by atoms with Crippen molar-refractivity contribution in [3.05, 3.63) is 47.0 Å². The van der Waals surface area contributed by atoms with Crippen molar-refractivity contribution in [1.82, 2.24) is 19.4 Å². The second-order valence-electron chi connectivity index (χ2n) is 8.82. The van der Waals surface area contributed by atoms with Gasteiger partial charge in [-0.25, -0.2) is 13.4 Å². The highest BCUT2D eigenvalue weighted by atomic mass is 35.5. The Hall–Kier alpha value is -2.10. The summed E-state index contributed by atoms with van der Waals surface area (Å²) in [6, 6.07) is 5.56. The van der Waals surface area contributed by atoms with Gasteiger partial charge in [-0.1, -0.05) is 17.7 Å². The predicted octanol–water partition coefficient (Wildman–Crippen LogP) is 3.14. The zero-order valence-corrected chi connectivity index (χ0v) is 21.4. The van der Waals surface area contributed by atoms with Gasteiger partial charge in [-0.05, 0) is 44.9 Å². The fourth-order valence-corrected chi connectivity index (χ4v) is 5.33. The molecule has 0 saturated carbocycles. The molecule has 1 aliphatic heterocycles. The van der Waals surface area contributed by atoms with Gasteiger partial charge in [-0.2, -0.15) is 0 Å². The lowest BCUT2D eigenvalue weighted by Gasteiger charge is -2.30. The molecule has 10 heteroatoms. The Labute approximate surface area is 202 Å². The molecule has 0 bridgehead atoms. The molecule has 3 rings (SSSR count). The van der Waals surface area contributed by atoms with Crippen molar-refractivity contribution < 1.29 is 13.2 Å². The van der Waals surface area contributed by atoms with Crippen LogP contribution < -0.4 is 4.31 Å². The zero-order chi connectivity index (χ0) is 24.2.